The second-order valence-electron chi connectivity index (χ2n) is 4.88. The van der Waals surface area contributed by atoms with E-state index in [0.717, 1.165) is 18.4 Å². The Hall–Kier alpha value is -1.02. The van der Waals surface area contributed by atoms with E-state index in [0.29, 0.717) is 19.3 Å². The van der Waals surface area contributed by atoms with E-state index in [1.807, 2.05) is 0 Å². The van der Waals surface area contributed by atoms with Crippen LogP contribution in [0, 0.1) is 0 Å². The van der Waals surface area contributed by atoms with E-state index in [9.17, 15) is 8.42 Å². The van der Waals surface area contributed by atoms with Crippen LogP contribution in [0.15, 0.2) is 23.4 Å². The number of nitrogens with one attached hydrogen (secondary N) is 1. The standard InChI is InChI=1S/C13H21N3O3S/c14-9-11-5-6-13(15-10-11)20(17,18)16-7-8-19-12-3-1-2-4-12/h5-6,10,12,16H,1-4,7-9,14H2. The van der Waals surface area contributed by atoms with Crippen molar-refractivity contribution in [1.82, 2.24) is 9.71 Å². The molecule has 6 nitrogen and oxygen atoms in total. The number of rotatable bonds is 7. The van der Waals surface area contributed by atoms with E-state index in [2.05, 4.69) is 9.71 Å². The Morgan fingerprint density at radius 3 is 2.70 bits per heavy atom. The molecule has 0 spiro atoms. The summed E-state index contributed by atoms with van der Waals surface area (Å²) in [7, 11) is -3.56. The molecular weight excluding hydrogens is 278 g/mol. The number of sulfonamides is 1. The van der Waals surface area contributed by atoms with Gasteiger partial charge in [0.2, 0.25) is 0 Å². The SMILES string of the molecule is NCc1ccc(S(=O)(=O)NCCOC2CCCC2)nc1. The van der Waals surface area contributed by atoms with Crippen LogP contribution in [0.25, 0.3) is 0 Å². The fourth-order valence-corrected chi connectivity index (χ4v) is 3.16. The van der Waals surface area contributed by atoms with E-state index in [1.54, 1.807) is 6.07 Å². The fourth-order valence-electron chi connectivity index (χ4n) is 2.22. The van der Waals surface area contributed by atoms with Crippen LogP contribution >= 0.6 is 0 Å². The predicted molar refractivity (Wildman–Crippen MR) is 75.5 cm³/mol. The highest BCUT2D eigenvalue weighted by Crippen LogP contribution is 2.20. The van der Waals surface area contributed by atoms with Gasteiger partial charge in [-0.05, 0) is 24.5 Å². The fraction of sp³-hybridized carbons (Fsp3) is 0.615. The second kappa shape index (κ2) is 7.12. The lowest BCUT2D eigenvalue weighted by atomic mass is 10.3. The zero-order chi connectivity index (χ0) is 14.4. The average Bonchev–Trinajstić information content (AvgIpc) is 2.97. The number of nitrogens with two attached hydrogens (primary N) is 1. The van der Waals surface area contributed by atoms with Gasteiger partial charge in [0.15, 0.2) is 5.03 Å². The average molecular weight is 299 g/mol. The zero-order valence-corrected chi connectivity index (χ0v) is 12.2. The molecule has 2 rings (SSSR count). The maximum Gasteiger partial charge on any atom is 0.258 e. The lowest BCUT2D eigenvalue weighted by Gasteiger charge is -2.11. The summed E-state index contributed by atoms with van der Waals surface area (Å²) in [5.74, 6) is 0. The molecule has 0 atom stereocenters. The van der Waals surface area contributed by atoms with Crippen LogP contribution in [0.1, 0.15) is 31.2 Å². The van der Waals surface area contributed by atoms with Crippen LogP contribution in [0.2, 0.25) is 0 Å². The first-order chi connectivity index (χ1) is 9.62. The van der Waals surface area contributed by atoms with Gasteiger partial charge < -0.3 is 10.5 Å². The van der Waals surface area contributed by atoms with Crippen molar-refractivity contribution in [3.8, 4) is 0 Å². The minimum atomic E-state index is -3.56. The minimum Gasteiger partial charge on any atom is -0.377 e. The summed E-state index contributed by atoms with van der Waals surface area (Å²) in [6.07, 6.45) is 6.33. The molecule has 0 aromatic carbocycles. The van der Waals surface area contributed by atoms with Crippen LogP contribution in [-0.2, 0) is 21.3 Å². The smallest absolute Gasteiger partial charge is 0.258 e. The van der Waals surface area contributed by atoms with Gasteiger partial charge in [-0.2, -0.15) is 0 Å². The Balaban J connectivity index is 1.80. The third-order valence-electron chi connectivity index (χ3n) is 3.36. The highest BCUT2D eigenvalue weighted by Gasteiger charge is 2.17. The largest absolute Gasteiger partial charge is 0.377 e. The molecule has 0 amide bonds. The molecule has 1 aromatic rings. The first kappa shape index (κ1) is 15.4. The van der Waals surface area contributed by atoms with Crippen LogP contribution in [-0.4, -0.2) is 32.7 Å². The molecule has 1 aliphatic carbocycles. The summed E-state index contributed by atoms with van der Waals surface area (Å²) < 4.78 is 32.0. The molecule has 3 N–H and O–H groups in total. The number of nitrogens with zero attached hydrogens (tertiary/aromatic N) is 1. The quantitative estimate of drug-likeness (QED) is 0.726. The van der Waals surface area contributed by atoms with Crippen molar-refractivity contribution in [2.75, 3.05) is 13.2 Å². The van der Waals surface area contributed by atoms with Crippen LogP contribution in [0.4, 0.5) is 0 Å². The molecule has 112 valence electrons. The van der Waals surface area contributed by atoms with Gasteiger partial charge in [0, 0.05) is 19.3 Å². The summed E-state index contributed by atoms with van der Waals surface area (Å²) in [5, 5.41) is 0.00978. The Labute approximate surface area is 119 Å². The predicted octanol–water partition coefficient (Wildman–Crippen LogP) is 0.778. The maximum atomic E-state index is 12.0. The van der Waals surface area contributed by atoms with E-state index in [1.165, 1.54) is 25.1 Å². The number of ether oxygens (including phenoxy) is 1. The van der Waals surface area contributed by atoms with Gasteiger partial charge in [0.25, 0.3) is 10.0 Å². The summed E-state index contributed by atoms with van der Waals surface area (Å²) in [6, 6.07) is 3.12. The molecule has 1 aliphatic rings. The molecule has 7 heteroatoms. The molecule has 1 heterocycles. The number of hydrogen-bond acceptors (Lipinski definition) is 5. The number of hydrogen-bond donors (Lipinski definition) is 2. The van der Waals surface area contributed by atoms with Gasteiger partial charge in [-0.1, -0.05) is 18.9 Å². The lowest BCUT2D eigenvalue weighted by Crippen LogP contribution is -2.29. The second-order valence-corrected chi connectivity index (χ2v) is 6.60. The van der Waals surface area contributed by atoms with Crippen LogP contribution < -0.4 is 10.5 Å². The van der Waals surface area contributed by atoms with E-state index in [-0.39, 0.29) is 11.6 Å². The molecule has 1 aromatic heterocycles. The third-order valence-corrected chi connectivity index (χ3v) is 4.73. The van der Waals surface area contributed by atoms with Crippen LogP contribution in [0.5, 0.6) is 0 Å². The molecule has 0 saturated heterocycles. The first-order valence-corrected chi connectivity index (χ1v) is 8.36. The van der Waals surface area contributed by atoms with Crippen molar-refractivity contribution in [3.63, 3.8) is 0 Å². The molecular formula is C13H21N3O3S. The Kier molecular flexibility index (Phi) is 5.47. The Morgan fingerprint density at radius 2 is 2.10 bits per heavy atom. The highest BCUT2D eigenvalue weighted by molar-refractivity contribution is 7.89. The van der Waals surface area contributed by atoms with Crippen molar-refractivity contribution in [2.45, 2.75) is 43.4 Å². The minimum absolute atomic E-state index is 0.00978. The van der Waals surface area contributed by atoms with Gasteiger partial charge in [-0.3, -0.25) is 0 Å². The van der Waals surface area contributed by atoms with E-state index >= 15 is 0 Å². The normalized spacial score (nSPS) is 16.6. The Bertz CT molecular complexity index is 510. The van der Waals surface area contributed by atoms with Crippen molar-refractivity contribution >= 4 is 10.0 Å². The maximum absolute atomic E-state index is 12.0. The van der Waals surface area contributed by atoms with Gasteiger partial charge in [0.1, 0.15) is 0 Å². The first-order valence-electron chi connectivity index (χ1n) is 6.88. The molecule has 0 aliphatic heterocycles. The molecule has 1 saturated carbocycles. The van der Waals surface area contributed by atoms with Gasteiger partial charge in [0.05, 0.1) is 12.7 Å². The van der Waals surface area contributed by atoms with Crippen molar-refractivity contribution in [1.29, 1.82) is 0 Å². The number of aromatic nitrogens is 1. The van der Waals surface area contributed by atoms with E-state index < -0.39 is 10.0 Å². The van der Waals surface area contributed by atoms with Crippen LogP contribution in [0.3, 0.4) is 0 Å². The highest BCUT2D eigenvalue weighted by atomic mass is 32.2. The zero-order valence-electron chi connectivity index (χ0n) is 11.4. The summed E-state index contributed by atoms with van der Waals surface area (Å²) in [5.41, 5.74) is 6.24. The third kappa shape index (κ3) is 4.24. The summed E-state index contributed by atoms with van der Waals surface area (Å²) in [4.78, 5) is 3.91. The molecule has 20 heavy (non-hydrogen) atoms. The monoisotopic (exact) mass is 299 g/mol. The molecule has 0 bridgehead atoms. The summed E-state index contributed by atoms with van der Waals surface area (Å²) >= 11 is 0. The van der Waals surface area contributed by atoms with Gasteiger partial charge in [-0.25, -0.2) is 18.1 Å². The number of pyridine rings is 1. The summed E-state index contributed by atoms with van der Waals surface area (Å²) in [6.45, 7) is 1.000. The molecule has 0 unspecified atom stereocenters. The molecule has 1 fully saturated rings. The lowest BCUT2D eigenvalue weighted by molar-refractivity contribution is 0.0626. The van der Waals surface area contributed by atoms with Gasteiger partial charge >= 0.3 is 0 Å². The van der Waals surface area contributed by atoms with Crippen molar-refractivity contribution in [3.05, 3.63) is 23.9 Å². The van der Waals surface area contributed by atoms with Crippen molar-refractivity contribution < 1.29 is 13.2 Å². The topological polar surface area (TPSA) is 94.3 Å². The molecule has 0 radical (unpaired) electrons. The Morgan fingerprint density at radius 1 is 1.35 bits per heavy atom. The van der Waals surface area contributed by atoms with E-state index in [4.69, 9.17) is 10.5 Å². The van der Waals surface area contributed by atoms with Crippen molar-refractivity contribution in [2.24, 2.45) is 5.73 Å². The van der Waals surface area contributed by atoms with Gasteiger partial charge in [-0.15, -0.1) is 0 Å².